The maximum Gasteiger partial charge on any atom is 0.346 e. The molecule has 4 nitrogen and oxygen atoms in total. The van der Waals surface area contributed by atoms with Crippen LogP contribution >= 0.6 is 19.2 Å². The van der Waals surface area contributed by atoms with Crippen molar-refractivity contribution in [3.63, 3.8) is 0 Å². The minimum Gasteiger partial charge on any atom is -0.323 e. The second-order valence-electron chi connectivity index (χ2n) is 4.88. The molecule has 0 fully saturated rings. The Morgan fingerprint density at radius 2 is 1.91 bits per heavy atom. The first-order chi connectivity index (χ1) is 10.4. The van der Waals surface area contributed by atoms with Crippen LogP contribution in [-0.2, 0) is 11.0 Å². The van der Waals surface area contributed by atoms with Crippen LogP contribution in [0.1, 0.15) is 16.9 Å². The number of nitrogens with one attached hydrogen (secondary N) is 1. The lowest BCUT2D eigenvalue weighted by Gasteiger charge is -2.20. The van der Waals surface area contributed by atoms with Crippen LogP contribution in [0.25, 0.3) is 0 Å². The molecule has 2 rings (SSSR count). The van der Waals surface area contributed by atoms with Gasteiger partial charge in [-0.3, -0.25) is 9.88 Å². The number of benzene rings is 2. The summed E-state index contributed by atoms with van der Waals surface area (Å²) in [6.07, 6.45) is 0.453. The summed E-state index contributed by atoms with van der Waals surface area (Å²) in [4.78, 5) is 19.0. The molecule has 0 radical (unpaired) electrons. The van der Waals surface area contributed by atoms with Crippen LogP contribution in [0.2, 0.25) is 5.02 Å². The van der Waals surface area contributed by atoms with Crippen molar-refractivity contribution in [1.82, 2.24) is 5.32 Å². The summed E-state index contributed by atoms with van der Waals surface area (Å²) in [6.45, 7) is 0.297. The lowest BCUT2D eigenvalue weighted by Crippen LogP contribution is -2.24. The van der Waals surface area contributed by atoms with E-state index in [4.69, 9.17) is 11.6 Å². The molecule has 0 spiro atoms. The molecule has 1 atom stereocenters. The SMILES string of the molecule is O=P(O)(O)C(NCCc1cccc(F)c1)c1cccc(Cl)c1. The maximum atomic E-state index is 13.1. The largest absolute Gasteiger partial charge is 0.346 e. The Balaban J connectivity index is 2.07. The minimum absolute atomic E-state index is 0.297. The van der Waals surface area contributed by atoms with Gasteiger partial charge in [0, 0.05) is 11.6 Å². The monoisotopic (exact) mass is 343 g/mol. The van der Waals surface area contributed by atoms with Crippen LogP contribution in [0.5, 0.6) is 0 Å². The zero-order chi connectivity index (χ0) is 16.2. The Kier molecular flexibility index (Phi) is 5.73. The van der Waals surface area contributed by atoms with E-state index in [0.717, 1.165) is 5.56 Å². The highest BCUT2D eigenvalue weighted by Gasteiger charge is 2.29. The molecular weight excluding hydrogens is 328 g/mol. The van der Waals surface area contributed by atoms with Gasteiger partial charge in [0.2, 0.25) is 0 Å². The number of hydrogen-bond donors (Lipinski definition) is 3. The van der Waals surface area contributed by atoms with E-state index in [-0.39, 0.29) is 5.82 Å². The number of halogens is 2. The van der Waals surface area contributed by atoms with Gasteiger partial charge >= 0.3 is 7.60 Å². The second-order valence-corrected chi connectivity index (χ2v) is 7.01. The maximum absolute atomic E-state index is 13.1. The van der Waals surface area contributed by atoms with Crippen LogP contribution in [0, 0.1) is 5.82 Å². The van der Waals surface area contributed by atoms with Crippen LogP contribution in [0.15, 0.2) is 48.5 Å². The van der Waals surface area contributed by atoms with E-state index in [9.17, 15) is 18.7 Å². The van der Waals surface area contributed by atoms with E-state index in [0.29, 0.717) is 23.6 Å². The third-order valence-corrected chi connectivity index (χ3v) is 4.53. The van der Waals surface area contributed by atoms with Crippen LogP contribution < -0.4 is 5.32 Å². The highest BCUT2D eigenvalue weighted by atomic mass is 35.5. The third kappa shape index (κ3) is 4.90. The van der Waals surface area contributed by atoms with Gasteiger partial charge in [0.05, 0.1) is 0 Å². The van der Waals surface area contributed by atoms with E-state index in [1.807, 2.05) is 0 Å². The average molecular weight is 344 g/mol. The van der Waals surface area contributed by atoms with Gasteiger partial charge in [-0.25, -0.2) is 4.39 Å². The molecule has 2 aromatic rings. The molecule has 2 aromatic carbocycles. The summed E-state index contributed by atoms with van der Waals surface area (Å²) < 4.78 is 24.8. The lowest BCUT2D eigenvalue weighted by molar-refractivity contribution is 0.348. The summed E-state index contributed by atoms with van der Waals surface area (Å²) in [7, 11) is -4.39. The smallest absolute Gasteiger partial charge is 0.323 e. The van der Waals surface area contributed by atoms with Crippen molar-refractivity contribution in [3.05, 3.63) is 70.5 Å². The summed E-state index contributed by atoms with van der Waals surface area (Å²) >= 11 is 5.86. The predicted octanol–water partition coefficient (Wildman–Crippen LogP) is 3.49. The lowest BCUT2D eigenvalue weighted by atomic mass is 10.1. The van der Waals surface area contributed by atoms with Crippen molar-refractivity contribution in [1.29, 1.82) is 0 Å². The fourth-order valence-corrected chi connectivity index (χ4v) is 3.27. The first kappa shape index (κ1) is 17.1. The van der Waals surface area contributed by atoms with Crippen molar-refractivity contribution < 1.29 is 18.7 Å². The van der Waals surface area contributed by atoms with Crippen molar-refractivity contribution >= 4 is 19.2 Å². The van der Waals surface area contributed by atoms with Gasteiger partial charge in [0.15, 0.2) is 0 Å². The van der Waals surface area contributed by atoms with Gasteiger partial charge in [-0.1, -0.05) is 35.9 Å². The summed E-state index contributed by atoms with van der Waals surface area (Å²) in [6, 6.07) is 12.5. The molecule has 0 aliphatic rings. The Morgan fingerprint density at radius 1 is 1.18 bits per heavy atom. The van der Waals surface area contributed by atoms with Gasteiger partial charge in [0.1, 0.15) is 11.6 Å². The Hall–Kier alpha value is -1.23. The van der Waals surface area contributed by atoms with Crippen LogP contribution in [-0.4, -0.2) is 16.3 Å². The molecule has 1 unspecified atom stereocenters. The molecule has 7 heteroatoms. The second kappa shape index (κ2) is 7.36. The van der Waals surface area contributed by atoms with Crippen molar-refractivity contribution in [2.24, 2.45) is 0 Å². The normalized spacial score (nSPS) is 13.1. The predicted molar refractivity (Wildman–Crippen MR) is 84.3 cm³/mol. The quantitative estimate of drug-likeness (QED) is 0.702. The number of hydrogen-bond acceptors (Lipinski definition) is 2. The zero-order valence-corrected chi connectivity index (χ0v) is 13.3. The molecule has 0 saturated heterocycles. The third-order valence-electron chi connectivity index (χ3n) is 3.14. The summed E-state index contributed by atoms with van der Waals surface area (Å²) in [5.74, 6) is -1.47. The average Bonchev–Trinajstić information content (AvgIpc) is 2.42. The molecule has 0 heterocycles. The van der Waals surface area contributed by atoms with Crippen molar-refractivity contribution in [2.45, 2.75) is 12.2 Å². The molecule has 0 saturated carbocycles. The van der Waals surface area contributed by atoms with Gasteiger partial charge in [-0.2, -0.15) is 0 Å². The molecule has 0 bridgehead atoms. The van der Waals surface area contributed by atoms with Gasteiger partial charge < -0.3 is 9.79 Å². The van der Waals surface area contributed by atoms with E-state index < -0.39 is 13.4 Å². The molecule has 3 N–H and O–H groups in total. The summed E-state index contributed by atoms with van der Waals surface area (Å²) in [5, 5.41) is 3.23. The molecule has 22 heavy (non-hydrogen) atoms. The molecular formula is C15H16ClFNO3P. The Labute approximate surface area is 133 Å². The fraction of sp³-hybridized carbons (Fsp3) is 0.200. The molecule has 0 aliphatic carbocycles. The zero-order valence-electron chi connectivity index (χ0n) is 11.6. The molecule has 0 aliphatic heterocycles. The Bertz CT molecular complexity index is 692. The fourth-order valence-electron chi connectivity index (χ4n) is 2.15. The van der Waals surface area contributed by atoms with Gasteiger partial charge in [-0.05, 0) is 41.8 Å². The van der Waals surface area contributed by atoms with Crippen molar-refractivity contribution in [2.75, 3.05) is 6.54 Å². The van der Waals surface area contributed by atoms with Crippen molar-refractivity contribution in [3.8, 4) is 0 Å². The first-order valence-electron chi connectivity index (χ1n) is 6.65. The standard InChI is InChI=1S/C15H16ClFNO3P/c16-13-5-2-4-12(10-13)15(22(19,20)21)18-8-7-11-3-1-6-14(17)9-11/h1-6,9-10,15,18H,7-8H2,(H2,19,20,21). The highest BCUT2D eigenvalue weighted by Crippen LogP contribution is 2.50. The van der Waals surface area contributed by atoms with Gasteiger partial charge in [-0.15, -0.1) is 0 Å². The Morgan fingerprint density at radius 3 is 2.55 bits per heavy atom. The molecule has 118 valence electrons. The molecule has 0 aromatic heterocycles. The van der Waals surface area contributed by atoms with E-state index in [1.165, 1.54) is 18.2 Å². The first-order valence-corrected chi connectivity index (χ1v) is 8.71. The van der Waals surface area contributed by atoms with E-state index in [2.05, 4.69) is 5.32 Å². The van der Waals surface area contributed by atoms with E-state index >= 15 is 0 Å². The van der Waals surface area contributed by atoms with Crippen LogP contribution in [0.3, 0.4) is 0 Å². The minimum atomic E-state index is -4.39. The summed E-state index contributed by atoms with van der Waals surface area (Å²) in [5.41, 5.74) is 1.17. The number of rotatable bonds is 6. The topological polar surface area (TPSA) is 69.6 Å². The van der Waals surface area contributed by atoms with Crippen LogP contribution in [0.4, 0.5) is 4.39 Å². The van der Waals surface area contributed by atoms with E-state index in [1.54, 1.807) is 30.3 Å². The molecule has 0 amide bonds. The highest BCUT2D eigenvalue weighted by molar-refractivity contribution is 7.52. The van der Waals surface area contributed by atoms with Gasteiger partial charge in [0.25, 0.3) is 0 Å².